The van der Waals surface area contributed by atoms with Gasteiger partial charge in [-0.25, -0.2) is 4.98 Å². The summed E-state index contributed by atoms with van der Waals surface area (Å²) in [6.45, 7) is 4.29. The quantitative estimate of drug-likeness (QED) is 0.739. The van der Waals surface area contributed by atoms with Gasteiger partial charge in [-0.3, -0.25) is 0 Å². The van der Waals surface area contributed by atoms with Crippen molar-refractivity contribution in [2.45, 2.75) is 32.7 Å². The van der Waals surface area contributed by atoms with Gasteiger partial charge in [-0.05, 0) is 18.9 Å². The fourth-order valence-electron chi connectivity index (χ4n) is 1.16. The van der Waals surface area contributed by atoms with Crippen LogP contribution in [0.2, 0.25) is 0 Å². The van der Waals surface area contributed by atoms with Crippen molar-refractivity contribution in [3.8, 4) is 0 Å². The van der Waals surface area contributed by atoms with Gasteiger partial charge in [0.25, 0.3) is 0 Å². The summed E-state index contributed by atoms with van der Waals surface area (Å²) in [6, 6.07) is 2.30. The van der Waals surface area contributed by atoms with Crippen LogP contribution in [-0.2, 0) is 0 Å². The molecular weight excluding hydrogens is 164 g/mol. The van der Waals surface area contributed by atoms with Crippen molar-refractivity contribution in [2.24, 2.45) is 0 Å². The number of anilines is 2. The summed E-state index contributed by atoms with van der Waals surface area (Å²) >= 11 is 0. The average Bonchev–Trinajstić information content (AvgIpc) is 2.14. The number of nitrogens with two attached hydrogens (primary N) is 1. The van der Waals surface area contributed by atoms with E-state index >= 15 is 0 Å². The monoisotopic (exact) mass is 180 g/mol. The number of nitrogens with zero attached hydrogens (tertiary/aromatic N) is 2. The van der Waals surface area contributed by atoms with Crippen LogP contribution in [0.15, 0.2) is 12.3 Å². The molecule has 0 aliphatic rings. The predicted octanol–water partition coefficient (Wildman–Crippen LogP) is 1.66. The first-order valence-corrected chi connectivity index (χ1v) is 4.61. The first-order valence-electron chi connectivity index (χ1n) is 4.61. The van der Waals surface area contributed by atoms with Crippen LogP contribution in [-0.4, -0.2) is 16.0 Å². The number of hydrogen-bond donors (Lipinski definition) is 2. The van der Waals surface area contributed by atoms with Gasteiger partial charge in [0.2, 0.25) is 5.95 Å². The maximum Gasteiger partial charge on any atom is 0.221 e. The molecule has 3 N–H and O–H groups in total. The molecule has 0 bridgehead atoms. The molecule has 1 aromatic heterocycles. The molecule has 1 heterocycles. The number of rotatable bonds is 4. The van der Waals surface area contributed by atoms with Gasteiger partial charge < -0.3 is 11.1 Å². The van der Waals surface area contributed by atoms with Gasteiger partial charge in [-0.2, -0.15) is 4.98 Å². The highest BCUT2D eigenvalue weighted by Gasteiger charge is 2.03. The minimum Gasteiger partial charge on any atom is -0.368 e. The number of nitrogens with one attached hydrogen (secondary N) is 1. The zero-order valence-electron chi connectivity index (χ0n) is 8.12. The lowest BCUT2D eigenvalue weighted by atomic mass is 10.2. The smallest absolute Gasteiger partial charge is 0.221 e. The lowest BCUT2D eigenvalue weighted by molar-refractivity contribution is 0.668. The van der Waals surface area contributed by atoms with Crippen molar-refractivity contribution < 1.29 is 0 Å². The maximum absolute atomic E-state index is 5.46. The first-order chi connectivity index (χ1) is 6.26. The fourth-order valence-corrected chi connectivity index (χ4v) is 1.16. The van der Waals surface area contributed by atoms with Crippen LogP contribution >= 0.6 is 0 Å². The lowest BCUT2D eigenvalue weighted by Crippen LogP contribution is -2.18. The van der Waals surface area contributed by atoms with Crippen molar-refractivity contribution in [3.05, 3.63) is 12.3 Å². The summed E-state index contributed by atoms with van der Waals surface area (Å²) in [4.78, 5) is 7.89. The van der Waals surface area contributed by atoms with Crippen molar-refractivity contribution in [1.82, 2.24) is 9.97 Å². The molecule has 1 aromatic rings. The van der Waals surface area contributed by atoms with E-state index in [0.29, 0.717) is 12.0 Å². The van der Waals surface area contributed by atoms with Crippen molar-refractivity contribution in [1.29, 1.82) is 0 Å². The van der Waals surface area contributed by atoms with E-state index in [1.165, 1.54) is 0 Å². The van der Waals surface area contributed by atoms with E-state index in [-0.39, 0.29) is 0 Å². The van der Waals surface area contributed by atoms with Crippen molar-refractivity contribution in [2.75, 3.05) is 11.1 Å². The lowest BCUT2D eigenvalue weighted by Gasteiger charge is -2.14. The van der Waals surface area contributed by atoms with Crippen LogP contribution in [0.1, 0.15) is 26.7 Å². The molecule has 0 aromatic carbocycles. The topological polar surface area (TPSA) is 63.8 Å². The van der Waals surface area contributed by atoms with Gasteiger partial charge in [0.05, 0.1) is 0 Å². The van der Waals surface area contributed by atoms with Crippen LogP contribution in [0.25, 0.3) is 0 Å². The van der Waals surface area contributed by atoms with Gasteiger partial charge in [0.1, 0.15) is 5.82 Å². The number of nitrogen functional groups attached to an aromatic ring is 1. The number of hydrogen-bond acceptors (Lipinski definition) is 4. The van der Waals surface area contributed by atoms with Gasteiger partial charge in [-0.15, -0.1) is 0 Å². The molecule has 72 valence electrons. The summed E-state index contributed by atoms with van der Waals surface area (Å²) in [5.74, 6) is 1.12. The van der Waals surface area contributed by atoms with E-state index in [1.807, 2.05) is 6.07 Å². The van der Waals surface area contributed by atoms with Crippen LogP contribution in [0.3, 0.4) is 0 Å². The maximum atomic E-state index is 5.46. The molecule has 13 heavy (non-hydrogen) atoms. The predicted molar refractivity (Wildman–Crippen MR) is 54.4 cm³/mol. The van der Waals surface area contributed by atoms with Gasteiger partial charge in [-0.1, -0.05) is 13.8 Å². The highest BCUT2D eigenvalue weighted by Crippen LogP contribution is 2.08. The molecule has 0 saturated carbocycles. The van der Waals surface area contributed by atoms with Crippen LogP contribution in [0.4, 0.5) is 11.8 Å². The highest BCUT2D eigenvalue weighted by atomic mass is 15.1. The molecule has 4 nitrogen and oxygen atoms in total. The second kappa shape index (κ2) is 4.64. The van der Waals surface area contributed by atoms with Gasteiger partial charge >= 0.3 is 0 Å². The van der Waals surface area contributed by atoms with Gasteiger partial charge in [0.15, 0.2) is 0 Å². The van der Waals surface area contributed by atoms with Crippen LogP contribution in [0.5, 0.6) is 0 Å². The van der Waals surface area contributed by atoms with E-state index < -0.39 is 0 Å². The highest BCUT2D eigenvalue weighted by molar-refractivity contribution is 5.38. The van der Waals surface area contributed by atoms with Crippen molar-refractivity contribution >= 4 is 11.8 Å². The van der Waals surface area contributed by atoms with E-state index in [4.69, 9.17) is 5.73 Å². The third kappa shape index (κ3) is 2.89. The summed E-state index contributed by atoms with van der Waals surface area (Å²) in [6.07, 6.45) is 3.83. The molecule has 0 aliphatic carbocycles. The minimum atomic E-state index is 0.316. The molecule has 0 unspecified atom stereocenters. The molecule has 0 atom stereocenters. The Balaban J connectivity index is 2.62. The molecule has 0 fully saturated rings. The Hall–Kier alpha value is -1.32. The molecule has 0 spiro atoms. The molecule has 0 saturated heterocycles. The summed E-state index contributed by atoms with van der Waals surface area (Å²) in [5.41, 5.74) is 5.46. The summed E-state index contributed by atoms with van der Waals surface area (Å²) in [7, 11) is 0. The Morgan fingerprint density at radius 3 is 2.69 bits per heavy atom. The zero-order chi connectivity index (χ0) is 9.68. The van der Waals surface area contributed by atoms with Crippen LogP contribution in [0, 0.1) is 0 Å². The van der Waals surface area contributed by atoms with Crippen LogP contribution < -0.4 is 11.1 Å². The van der Waals surface area contributed by atoms with E-state index in [2.05, 4.69) is 29.1 Å². The standard InChI is InChI=1S/C9H16N4/c1-3-7(4-2)12-8-5-6-11-9(10)13-8/h5-7H,3-4H2,1-2H3,(H3,10,11,12,13). The Morgan fingerprint density at radius 1 is 1.46 bits per heavy atom. The summed E-state index contributed by atoms with van der Waals surface area (Å²) < 4.78 is 0. The second-order valence-corrected chi connectivity index (χ2v) is 2.96. The zero-order valence-corrected chi connectivity index (χ0v) is 8.12. The molecule has 0 radical (unpaired) electrons. The van der Waals surface area contributed by atoms with E-state index in [1.54, 1.807) is 6.20 Å². The minimum absolute atomic E-state index is 0.316. The molecule has 0 aliphatic heterocycles. The molecular formula is C9H16N4. The molecule has 1 rings (SSSR count). The van der Waals surface area contributed by atoms with Gasteiger partial charge in [0, 0.05) is 12.2 Å². The van der Waals surface area contributed by atoms with Crippen molar-refractivity contribution in [3.63, 3.8) is 0 Å². The number of aromatic nitrogens is 2. The van der Waals surface area contributed by atoms with E-state index in [9.17, 15) is 0 Å². The molecule has 0 amide bonds. The normalized spacial score (nSPS) is 10.4. The van der Waals surface area contributed by atoms with E-state index in [0.717, 1.165) is 18.7 Å². The Bertz CT molecular complexity index is 258. The SMILES string of the molecule is CCC(CC)Nc1ccnc(N)n1. The third-order valence-electron chi connectivity index (χ3n) is 2.01. The average molecular weight is 180 g/mol. The Labute approximate surface area is 78.6 Å². The molecule has 4 heteroatoms. The first kappa shape index (κ1) is 9.77. The largest absolute Gasteiger partial charge is 0.368 e. The second-order valence-electron chi connectivity index (χ2n) is 2.96. The third-order valence-corrected chi connectivity index (χ3v) is 2.01. The Morgan fingerprint density at radius 2 is 2.15 bits per heavy atom. The fraction of sp³-hybridized carbons (Fsp3) is 0.556. The Kier molecular flexibility index (Phi) is 3.49. The summed E-state index contributed by atoms with van der Waals surface area (Å²) in [5, 5.41) is 3.29.